The van der Waals surface area contributed by atoms with Crippen molar-refractivity contribution >= 4 is 0 Å². The molecule has 0 aromatic heterocycles. The summed E-state index contributed by atoms with van der Waals surface area (Å²) in [5, 5.41) is 0. The zero-order valence-electron chi connectivity index (χ0n) is 11.9. The predicted octanol–water partition coefficient (Wildman–Crippen LogP) is 2.87. The first-order valence-electron chi connectivity index (χ1n) is 7.51. The van der Waals surface area contributed by atoms with Gasteiger partial charge in [-0.25, -0.2) is 0 Å². The van der Waals surface area contributed by atoms with E-state index < -0.39 is 0 Å². The van der Waals surface area contributed by atoms with Crippen molar-refractivity contribution in [3.63, 3.8) is 0 Å². The molecule has 1 aliphatic heterocycles. The number of likely N-dealkylation sites (tertiary alicyclic amines) is 1. The molecule has 1 saturated carbocycles. The van der Waals surface area contributed by atoms with Crippen LogP contribution in [0.4, 0.5) is 0 Å². The Kier molecular flexibility index (Phi) is 4.14. The van der Waals surface area contributed by atoms with E-state index in [1.54, 1.807) is 0 Å². The molecular formula is C15H30N2. The minimum Gasteiger partial charge on any atom is -0.327 e. The third kappa shape index (κ3) is 3.03. The zero-order chi connectivity index (χ0) is 12.5. The van der Waals surface area contributed by atoms with Crippen LogP contribution in [0.25, 0.3) is 0 Å². The first-order chi connectivity index (χ1) is 8.03. The molecule has 0 amide bonds. The molecule has 0 aromatic rings. The van der Waals surface area contributed by atoms with Crippen LogP contribution in [-0.2, 0) is 0 Å². The van der Waals surface area contributed by atoms with E-state index in [4.69, 9.17) is 5.73 Å². The molecule has 2 rings (SSSR count). The lowest BCUT2D eigenvalue weighted by atomic mass is 9.68. The topological polar surface area (TPSA) is 29.3 Å². The minimum absolute atomic E-state index is 0.354. The highest BCUT2D eigenvalue weighted by Crippen LogP contribution is 2.38. The summed E-state index contributed by atoms with van der Waals surface area (Å²) in [7, 11) is 0. The fraction of sp³-hybridized carbons (Fsp3) is 1.00. The van der Waals surface area contributed by atoms with Gasteiger partial charge < -0.3 is 10.6 Å². The van der Waals surface area contributed by atoms with E-state index in [-0.39, 0.29) is 0 Å². The Morgan fingerprint density at radius 3 is 2.71 bits per heavy atom. The average molecular weight is 238 g/mol. The molecule has 100 valence electrons. The summed E-state index contributed by atoms with van der Waals surface area (Å²) in [6, 6.07) is 0.400. The number of hydrogen-bond acceptors (Lipinski definition) is 2. The largest absolute Gasteiger partial charge is 0.327 e. The van der Waals surface area contributed by atoms with Crippen molar-refractivity contribution in [3.8, 4) is 0 Å². The lowest BCUT2D eigenvalue weighted by Crippen LogP contribution is -2.50. The van der Waals surface area contributed by atoms with Crippen molar-refractivity contribution in [2.45, 2.75) is 58.9 Å². The van der Waals surface area contributed by atoms with Gasteiger partial charge in [0.05, 0.1) is 0 Å². The second kappa shape index (κ2) is 5.27. The maximum atomic E-state index is 6.48. The van der Waals surface area contributed by atoms with Crippen LogP contribution in [0.2, 0.25) is 0 Å². The molecule has 0 spiro atoms. The van der Waals surface area contributed by atoms with E-state index in [2.05, 4.69) is 25.7 Å². The fourth-order valence-corrected chi connectivity index (χ4v) is 3.75. The Bertz CT molecular complexity index is 249. The van der Waals surface area contributed by atoms with Gasteiger partial charge in [-0.2, -0.15) is 0 Å². The molecule has 2 heteroatoms. The normalized spacial score (nSPS) is 38.5. The van der Waals surface area contributed by atoms with E-state index in [1.165, 1.54) is 51.7 Å². The van der Waals surface area contributed by atoms with E-state index in [9.17, 15) is 0 Å². The SMILES string of the molecule is CCC1CCN(CC2CCCC(C)(C)C2N)C1. The summed E-state index contributed by atoms with van der Waals surface area (Å²) in [6.07, 6.45) is 6.77. The van der Waals surface area contributed by atoms with Gasteiger partial charge in [0.1, 0.15) is 0 Å². The van der Waals surface area contributed by atoms with E-state index in [0.29, 0.717) is 11.5 Å². The number of rotatable bonds is 3. The van der Waals surface area contributed by atoms with Gasteiger partial charge in [-0.3, -0.25) is 0 Å². The summed E-state index contributed by atoms with van der Waals surface area (Å²) in [5.74, 6) is 1.68. The van der Waals surface area contributed by atoms with Crippen LogP contribution in [0, 0.1) is 17.3 Å². The average Bonchev–Trinajstić information content (AvgIpc) is 2.72. The van der Waals surface area contributed by atoms with Gasteiger partial charge in [0.15, 0.2) is 0 Å². The molecule has 1 aliphatic carbocycles. The van der Waals surface area contributed by atoms with Gasteiger partial charge in [0.2, 0.25) is 0 Å². The molecule has 0 bridgehead atoms. The molecule has 17 heavy (non-hydrogen) atoms. The van der Waals surface area contributed by atoms with E-state index in [0.717, 1.165) is 11.8 Å². The zero-order valence-corrected chi connectivity index (χ0v) is 11.9. The molecule has 0 aromatic carbocycles. The third-order valence-corrected chi connectivity index (χ3v) is 5.25. The maximum absolute atomic E-state index is 6.48. The first-order valence-corrected chi connectivity index (χ1v) is 7.51. The highest BCUT2D eigenvalue weighted by molar-refractivity contribution is 4.93. The predicted molar refractivity (Wildman–Crippen MR) is 73.9 cm³/mol. The fourth-order valence-electron chi connectivity index (χ4n) is 3.75. The molecule has 1 heterocycles. The third-order valence-electron chi connectivity index (χ3n) is 5.25. The molecule has 2 fully saturated rings. The molecule has 3 atom stereocenters. The summed E-state index contributed by atoms with van der Waals surface area (Å²) in [4.78, 5) is 2.67. The monoisotopic (exact) mass is 238 g/mol. The van der Waals surface area contributed by atoms with Gasteiger partial charge in [0, 0.05) is 19.1 Å². The van der Waals surface area contributed by atoms with Crippen LogP contribution in [0.5, 0.6) is 0 Å². The Morgan fingerprint density at radius 1 is 1.29 bits per heavy atom. The van der Waals surface area contributed by atoms with Crippen molar-refractivity contribution in [1.29, 1.82) is 0 Å². The molecule has 0 radical (unpaired) electrons. The van der Waals surface area contributed by atoms with E-state index in [1.807, 2.05) is 0 Å². The van der Waals surface area contributed by atoms with Crippen molar-refractivity contribution in [2.24, 2.45) is 23.0 Å². The van der Waals surface area contributed by atoms with Gasteiger partial charge in [0.25, 0.3) is 0 Å². The lowest BCUT2D eigenvalue weighted by molar-refractivity contribution is 0.109. The van der Waals surface area contributed by atoms with E-state index >= 15 is 0 Å². The molecule has 2 aliphatic rings. The highest BCUT2D eigenvalue weighted by Gasteiger charge is 2.37. The van der Waals surface area contributed by atoms with Gasteiger partial charge >= 0.3 is 0 Å². The van der Waals surface area contributed by atoms with Gasteiger partial charge in [-0.15, -0.1) is 0 Å². The standard InChI is InChI=1S/C15H30N2/c1-4-12-7-9-17(10-12)11-13-6-5-8-15(2,3)14(13)16/h12-14H,4-11,16H2,1-3H3. The number of nitrogens with zero attached hydrogens (tertiary/aromatic N) is 1. The second-order valence-electron chi connectivity index (χ2n) is 6.99. The Morgan fingerprint density at radius 2 is 2.06 bits per heavy atom. The summed E-state index contributed by atoms with van der Waals surface area (Å²) >= 11 is 0. The maximum Gasteiger partial charge on any atom is 0.0131 e. The molecule has 2 N–H and O–H groups in total. The molecule has 2 nitrogen and oxygen atoms in total. The number of nitrogens with two attached hydrogens (primary N) is 1. The minimum atomic E-state index is 0.354. The van der Waals surface area contributed by atoms with Crippen LogP contribution in [0.1, 0.15) is 52.9 Å². The second-order valence-corrected chi connectivity index (χ2v) is 6.99. The van der Waals surface area contributed by atoms with Gasteiger partial charge in [-0.05, 0) is 43.1 Å². The van der Waals surface area contributed by atoms with Crippen LogP contribution in [0.15, 0.2) is 0 Å². The summed E-state index contributed by atoms with van der Waals surface area (Å²) in [5.41, 5.74) is 6.83. The molecular weight excluding hydrogens is 208 g/mol. The Hall–Kier alpha value is -0.0800. The van der Waals surface area contributed by atoms with Crippen molar-refractivity contribution < 1.29 is 0 Å². The summed E-state index contributed by atoms with van der Waals surface area (Å²) < 4.78 is 0. The first kappa shape index (κ1) is 13.4. The van der Waals surface area contributed by atoms with Crippen molar-refractivity contribution in [3.05, 3.63) is 0 Å². The number of hydrogen-bond donors (Lipinski definition) is 1. The smallest absolute Gasteiger partial charge is 0.0131 e. The quantitative estimate of drug-likeness (QED) is 0.819. The van der Waals surface area contributed by atoms with Crippen LogP contribution in [0.3, 0.4) is 0 Å². The summed E-state index contributed by atoms with van der Waals surface area (Å²) in [6.45, 7) is 10.9. The van der Waals surface area contributed by atoms with Crippen molar-refractivity contribution in [1.82, 2.24) is 4.90 Å². The molecule has 3 unspecified atom stereocenters. The van der Waals surface area contributed by atoms with Crippen LogP contribution in [-0.4, -0.2) is 30.6 Å². The van der Waals surface area contributed by atoms with Crippen LogP contribution < -0.4 is 5.73 Å². The highest BCUT2D eigenvalue weighted by atomic mass is 15.1. The van der Waals surface area contributed by atoms with Crippen molar-refractivity contribution in [2.75, 3.05) is 19.6 Å². The molecule has 1 saturated heterocycles. The lowest BCUT2D eigenvalue weighted by Gasteiger charge is -2.43. The Balaban J connectivity index is 1.86. The van der Waals surface area contributed by atoms with Gasteiger partial charge in [-0.1, -0.05) is 33.6 Å². The van der Waals surface area contributed by atoms with Crippen LogP contribution >= 0.6 is 0 Å². The Labute approximate surface area is 107 Å².